The number of rotatable bonds is 2. The largest absolute Gasteiger partial charge is 0.388 e. The molecule has 0 bridgehead atoms. The number of ketones is 2. The Hall–Kier alpha value is -1.26. The van der Waals surface area contributed by atoms with Crippen LogP contribution in [0.5, 0.6) is 0 Å². The molecule has 2 fully saturated rings. The van der Waals surface area contributed by atoms with Crippen molar-refractivity contribution in [3.8, 4) is 0 Å². The molecule has 4 heteroatoms. The van der Waals surface area contributed by atoms with Crippen molar-refractivity contribution in [1.29, 1.82) is 0 Å². The van der Waals surface area contributed by atoms with Crippen molar-refractivity contribution in [2.24, 2.45) is 22.7 Å². The lowest BCUT2D eigenvalue weighted by atomic mass is 9.47. The Morgan fingerprint density at radius 3 is 2.72 bits per heavy atom. The van der Waals surface area contributed by atoms with E-state index in [1.54, 1.807) is 0 Å². The van der Waals surface area contributed by atoms with Gasteiger partial charge in [-0.2, -0.15) is 0 Å². The van der Waals surface area contributed by atoms with Crippen molar-refractivity contribution in [3.63, 3.8) is 0 Å². The summed E-state index contributed by atoms with van der Waals surface area (Å²) in [5.74, 6) is 0.654. The first-order valence-corrected chi connectivity index (χ1v) is 9.57. The van der Waals surface area contributed by atoms with Gasteiger partial charge in [0, 0.05) is 18.3 Å². The number of hydrogen-bond acceptors (Lipinski definition) is 4. The van der Waals surface area contributed by atoms with Gasteiger partial charge >= 0.3 is 0 Å². The maximum absolute atomic E-state index is 12.3. The van der Waals surface area contributed by atoms with Crippen molar-refractivity contribution >= 4 is 11.6 Å². The third-order valence-corrected chi connectivity index (χ3v) is 8.12. The first-order chi connectivity index (χ1) is 11.8. The number of carbonyl (C=O) groups excluding carboxylic acids is 2. The quantitative estimate of drug-likeness (QED) is 0.756. The smallest absolute Gasteiger partial charge is 0.190 e. The second-order valence-corrected chi connectivity index (χ2v) is 8.98. The molecule has 0 saturated heterocycles. The summed E-state index contributed by atoms with van der Waals surface area (Å²) in [7, 11) is 0. The fraction of sp³-hybridized carbons (Fsp3) is 0.714. The molecule has 0 spiro atoms. The Balaban J connectivity index is 1.70. The molecule has 136 valence electrons. The zero-order valence-corrected chi connectivity index (χ0v) is 15.2. The summed E-state index contributed by atoms with van der Waals surface area (Å²) in [6.07, 6.45) is 9.49. The van der Waals surface area contributed by atoms with E-state index in [-0.39, 0.29) is 11.2 Å². The van der Waals surface area contributed by atoms with Gasteiger partial charge in [-0.1, -0.05) is 31.1 Å². The fourth-order valence-corrected chi connectivity index (χ4v) is 6.46. The number of allylic oxidation sites excluding steroid dienone is 2. The summed E-state index contributed by atoms with van der Waals surface area (Å²) in [6.45, 7) is 3.72. The first-order valence-electron chi connectivity index (χ1n) is 9.57. The molecule has 4 nitrogen and oxygen atoms in total. The number of Topliss-reactive ketones (excluding diaryl/α,β-unsaturated/α-hetero) is 1. The predicted molar refractivity (Wildman–Crippen MR) is 93.7 cm³/mol. The van der Waals surface area contributed by atoms with Crippen LogP contribution >= 0.6 is 0 Å². The van der Waals surface area contributed by atoms with E-state index in [4.69, 9.17) is 0 Å². The van der Waals surface area contributed by atoms with E-state index in [9.17, 15) is 19.8 Å². The average molecular weight is 344 g/mol. The van der Waals surface area contributed by atoms with Crippen LogP contribution in [0, 0.1) is 22.7 Å². The van der Waals surface area contributed by atoms with E-state index in [1.807, 2.05) is 13.0 Å². The van der Waals surface area contributed by atoms with Crippen LogP contribution in [0.1, 0.15) is 58.8 Å². The van der Waals surface area contributed by atoms with E-state index in [1.165, 1.54) is 11.1 Å². The van der Waals surface area contributed by atoms with Gasteiger partial charge in [-0.15, -0.1) is 0 Å². The minimum absolute atomic E-state index is 0.0701. The van der Waals surface area contributed by atoms with Crippen LogP contribution in [-0.4, -0.2) is 34.0 Å². The normalized spacial score (nSPS) is 45.8. The van der Waals surface area contributed by atoms with Crippen LogP contribution in [-0.2, 0) is 9.59 Å². The van der Waals surface area contributed by atoms with Crippen molar-refractivity contribution in [2.45, 2.75) is 64.4 Å². The van der Waals surface area contributed by atoms with E-state index in [0.717, 1.165) is 32.1 Å². The minimum atomic E-state index is -1.46. The molecule has 0 amide bonds. The molecule has 5 atom stereocenters. The van der Waals surface area contributed by atoms with Gasteiger partial charge in [0.25, 0.3) is 0 Å². The van der Waals surface area contributed by atoms with Gasteiger partial charge in [0.15, 0.2) is 11.6 Å². The molecule has 0 aromatic heterocycles. The third kappa shape index (κ3) is 2.07. The maximum Gasteiger partial charge on any atom is 0.190 e. The summed E-state index contributed by atoms with van der Waals surface area (Å²) in [6, 6.07) is 0. The van der Waals surface area contributed by atoms with Crippen molar-refractivity contribution < 1.29 is 19.8 Å². The average Bonchev–Trinajstić information content (AvgIpc) is 2.87. The Bertz CT molecular complexity index is 705. The molecule has 2 saturated carbocycles. The highest BCUT2D eigenvalue weighted by Gasteiger charge is 2.62. The number of carbonyl (C=O) groups is 2. The highest BCUT2D eigenvalue weighted by Crippen LogP contribution is 2.65. The van der Waals surface area contributed by atoms with Crippen LogP contribution in [0.15, 0.2) is 23.3 Å². The first kappa shape index (κ1) is 17.2. The van der Waals surface area contributed by atoms with E-state index in [2.05, 4.69) is 13.0 Å². The molecule has 0 aliphatic heterocycles. The molecular weight excluding hydrogens is 316 g/mol. The van der Waals surface area contributed by atoms with Crippen LogP contribution in [0.2, 0.25) is 0 Å². The monoisotopic (exact) mass is 344 g/mol. The zero-order valence-electron chi connectivity index (χ0n) is 15.2. The Morgan fingerprint density at radius 2 is 2.00 bits per heavy atom. The molecule has 4 unspecified atom stereocenters. The highest BCUT2D eigenvalue weighted by atomic mass is 16.3. The lowest BCUT2D eigenvalue weighted by Crippen LogP contribution is -2.56. The van der Waals surface area contributed by atoms with E-state index < -0.39 is 23.4 Å². The highest BCUT2D eigenvalue weighted by molar-refractivity contribution is 5.92. The van der Waals surface area contributed by atoms with Crippen LogP contribution < -0.4 is 0 Å². The molecule has 4 rings (SSSR count). The van der Waals surface area contributed by atoms with Crippen LogP contribution in [0.25, 0.3) is 0 Å². The minimum Gasteiger partial charge on any atom is -0.388 e. The number of fused-ring (bicyclic) bond motifs is 5. The molecule has 0 aromatic rings. The van der Waals surface area contributed by atoms with Crippen molar-refractivity contribution in [3.05, 3.63) is 23.3 Å². The van der Waals surface area contributed by atoms with Gasteiger partial charge in [0.1, 0.15) is 12.2 Å². The Labute approximate surface area is 149 Å². The summed E-state index contributed by atoms with van der Waals surface area (Å²) in [5, 5.41) is 20.5. The molecule has 0 heterocycles. The predicted octanol–water partition coefficient (Wildman–Crippen LogP) is 2.73. The third-order valence-electron chi connectivity index (χ3n) is 8.12. The van der Waals surface area contributed by atoms with Gasteiger partial charge in [-0.25, -0.2) is 0 Å². The topological polar surface area (TPSA) is 74.6 Å². The van der Waals surface area contributed by atoms with E-state index in [0.29, 0.717) is 24.7 Å². The lowest BCUT2D eigenvalue weighted by Gasteiger charge is -2.57. The van der Waals surface area contributed by atoms with Gasteiger partial charge < -0.3 is 10.2 Å². The molecule has 25 heavy (non-hydrogen) atoms. The Morgan fingerprint density at radius 1 is 1.24 bits per heavy atom. The molecular formula is C21H28O4. The summed E-state index contributed by atoms with van der Waals surface area (Å²) in [5.41, 5.74) is 0.595. The number of aliphatic hydroxyl groups is 2. The SMILES string of the molecule is CC12CCC(=O)C=C1CCC1C3=CC[C@](O)(C(=O)CO)C3(C)CCC12. The maximum atomic E-state index is 12.3. The number of hydrogen-bond donors (Lipinski definition) is 2. The Kier molecular flexibility index (Phi) is 3.69. The molecule has 0 radical (unpaired) electrons. The van der Waals surface area contributed by atoms with Crippen molar-refractivity contribution in [1.82, 2.24) is 0 Å². The van der Waals surface area contributed by atoms with E-state index >= 15 is 0 Å². The molecule has 2 N–H and O–H groups in total. The lowest BCUT2D eigenvalue weighted by molar-refractivity contribution is -0.153. The van der Waals surface area contributed by atoms with Gasteiger partial charge in [-0.05, 0) is 55.4 Å². The summed E-state index contributed by atoms with van der Waals surface area (Å²) < 4.78 is 0. The van der Waals surface area contributed by atoms with Crippen LogP contribution in [0.4, 0.5) is 0 Å². The number of aliphatic hydroxyl groups excluding tert-OH is 1. The summed E-state index contributed by atoms with van der Waals surface area (Å²) >= 11 is 0. The standard InChI is InChI=1S/C21H28O4/c1-19-8-5-14(23)11-13(19)3-4-15-16(19)6-9-20(2)17(15)7-10-21(20,25)18(24)12-22/h7,11,15-16,22,25H,3-6,8-10,12H2,1-2H3/t15?,16?,19?,20?,21-/m0/s1. The fourth-order valence-electron chi connectivity index (χ4n) is 6.46. The molecule has 4 aliphatic rings. The van der Waals surface area contributed by atoms with Gasteiger partial charge in [0.05, 0.1) is 0 Å². The van der Waals surface area contributed by atoms with Gasteiger partial charge in [0.2, 0.25) is 0 Å². The van der Waals surface area contributed by atoms with Crippen LogP contribution in [0.3, 0.4) is 0 Å². The second-order valence-electron chi connectivity index (χ2n) is 8.98. The molecule has 0 aromatic carbocycles. The molecule has 4 aliphatic carbocycles. The summed E-state index contributed by atoms with van der Waals surface area (Å²) in [4.78, 5) is 24.2. The second kappa shape index (κ2) is 5.37. The zero-order chi connectivity index (χ0) is 18.0. The van der Waals surface area contributed by atoms with Gasteiger partial charge in [-0.3, -0.25) is 9.59 Å². The van der Waals surface area contributed by atoms with Crippen molar-refractivity contribution in [2.75, 3.05) is 6.61 Å².